The molecule has 9 nitrogen and oxygen atoms in total. The number of aliphatic imine (C=N–C) groups is 1. The van der Waals surface area contributed by atoms with Crippen molar-refractivity contribution in [3.63, 3.8) is 0 Å². The molecule has 0 aromatic carbocycles. The van der Waals surface area contributed by atoms with Crippen molar-refractivity contribution in [2.75, 3.05) is 37.6 Å². The first-order valence-corrected chi connectivity index (χ1v) is 9.61. The summed E-state index contributed by atoms with van der Waals surface area (Å²) < 4.78 is 5.25. The molecule has 2 N–H and O–H groups in total. The van der Waals surface area contributed by atoms with E-state index < -0.39 is 0 Å². The second-order valence-corrected chi connectivity index (χ2v) is 6.88. The molecule has 0 amide bonds. The second-order valence-electron chi connectivity index (χ2n) is 6.01. The van der Waals surface area contributed by atoms with E-state index in [4.69, 9.17) is 10.3 Å². The quantitative estimate of drug-likeness (QED) is 0.517. The van der Waals surface area contributed by atoms with Crippen LogP contribution in [0, 0.1) is 0 Å². The minimum Gasteiger partial charge on any atom is -0.370 e. The Labute approximate surface area is 160 Å². The lowest BCUT2D eigenvalue weighted by Crippen LogP contribution is -2.51. The summed E-state index contributed by atoms with van der Waals surface area (Å²) in [5.74, 6) is 1.57. The van der Waals surface area contributed by atoms with E-state index in [0.29, 0.717) is 36.3 Å². The van der Waals surface area contributed by atoms with Crippen LogP contribution in [0.4, 0.5) is 5.13 Å². The molecule has 4 heterocycles. The van der Waals surface area contributed by atoms with Crippen LogP contribution in [0.25, 0.3) is 11.6 Å². The number of rotatable bonds is 5. The Morgan fingerprint density at radius 2 is 2.07 bits per heavy atom. The molecule has 0 spiro atoms. The Balaban J connectivity index is 1.27. The van der Waals surface area contributed by atoms with E-state index in [1.54, 1.807) is 17.5 Å². The third kappa shape index (κ3) is 4.22. The Bertz CT molecular complexity index is 871. The fourth-order valence-electron chi connectivity index (χ4n) is 2.82. The minimum absolute atomic E-state index is 0.417. The average molecular weight is 384 g/mol. The van der Waals surface area contributed by atoms with E-state index in [-0.39, 0.29) is 0 Å². The second kappa shape index (κ2) is 8.12. The first-order valence-electron chi connectivity index (χ1n) is 8.73. The summed E-state index contributed by atoms with van der Waals surface area (Å²) in [6.45, 7) is 3.96. The molecule has 3 aromatic heterocycles. The molecule has 0 unspecified atom stereocenters. The molecule has 3 aromatic rings. The molecule has 0 bridgehead atoms. The predicted molar refractivity (Wildman–Crippen MR) is 104 cm³/mol. The van der Waals surface area contributed by atoms with Crippen LogP contribution in [0.2, 0.25) is 0 Å². The fourth-order valence-corrected chi connectivity index (χ4v) is 3.51. The highest BCUT2D eigenvalue weighted by molar-refractivity contribution is 7.13. The number of nitrogens with zero attached hydrogens (tertiary/aromatic N) is 7. The van der Waals surface area contributed by atoms with Gasteiger partial charge in [-0.1, -0.05) is 11.2 Å². The van der Waals surface area contributed by atoms with Gasteiger partial charge in [-0.2, -0.15) is 4.98 Å². The summed E-state index contributed by atoms with van der Waals surface area (Å²) >= 11 is 1.66. The van der Waals surface area contributed by atoms with Gasteiger partial charge in [0.1, 0.15) is 5.69 Å². The number of guanidine groups is 1. The van der Waals surface area contributed by atoms with Crippen molar-refractivity contribution >= 4 is 22.4 Å². The fraction of sp³-hybridized carbons (Fsp3) is 0.353. The lowest BCUT2D eigenvalue weighted by atomic mass is 10.3. The van der Waals surface area contributed by atoms with Crippen molar-refractivity contribution in [1.82, 2.24) is 25.0 Å². The van der Waals surface area contributed by atoms with Gasteiger partial charge in [-0.25, -0.2) is 4.98 Å². The van der Waals surface area contributed by atoms with E-state index in [1.807, 2.05) is 29.8 Å². The van der Waals surface area contributed by atoms with E-state index in [0.717, 1.165) is 31.3 Å². The highest BCUT2D eigenvalue weighted by Gasteiger charge is 2.19. The highest BCUT2D eigenvalue weighted by Crippen LogP contribution is 2.18. The Kier molecular flexibility index (Phi) is 5.24. The summed E-state index contributed by atoms with van der Waals surface area (Å²) in [5.41, 5.74) is 6.81. The zero-order chi connectivity index (χ0) is 18.5. The number of thiazole rings is 1. The monoisotopic (exact) mass is 384 g/mol. The van der Waals surface area contributed by atoms with Gasteiger partial charge in [-0.05, 0) is 12.1 Å². The lowest BCUT2D eigenvalue weighted by Gasteiger charge is -2.35. The maximum absolute atomic E-state index is 6.14. The number of anilines is 1. The Morgan fingerprint density at radius 1 is 1.19 bits per heavy atom. The summed E-state index contributed by atoms with van der Waals surface area (Å²) in [6.07, 6.45) is 4.09. The molecule has 0 saturated carbocycles. The summed E-state index contributed by atoms with van der Waals surface area (Å²) in [6, 6.07) is 5.55. The third-order valence-corrected chi connectivity index (χ3v) is 5.09. The molecule has 140 valence electrons. The van der Waals surface area contributed by atoms with Crippen molar-refractivity contribution in [3.05, 3.63) is 41.8 Å². The predicted octanol–water partition coefficient (Wildman–Crippen LogP) is 1.27. The molecule has 1 aliphatic heterocycles. The third-order valence-electron chi connectivity index (χ3n) is 4.25. The zero-order valence-corrected chi connectivity index (χ0v) is 15.5. The van der Waals surface area contributed by atoms with Gasteiger partial charge in [0.05, 0.1) is 0 Å². The van der Waals surface area contributed by atoms with Gasteiger partial charge in [0, 0.05) is 56.9 Å². The molecular formula is C17H20N8OS. The first kappa shape index (κ1) is 17.4. The Hall–Kier alpha value is -3.01. The molecule has 0 radical (unpaired) electrons. The molecule has 4 rings (SSSR count). The van der Waals surface area contributed by atoms with Crippen LogP contribution in [0.3, 0.4) is 0 Å². The van der Waals surface area contributed by atoms with Gasteiger partial charge in [0.2, 0.25) is 0 Å². The van der Waals surface area contributed by atoms with Crippen molar-refractivity contribution in [2.45, 2.75) is 6.42 Å². The van der Waals surface area contributed by atoms with E-state index >= 15 is 0 Å². The van der Waals surface area contributed by atoms with Crippen molar-refractivity contribution in [3.8, 4) is 11.6 Å². The Morgan fingerprint density at radius 3 is 2.81 bits per heavy atom. The van der Waals surface area contributed by atoms with Crippen LogP contribution in [0.15, 0.2) is 45.5 Å². The molecular weight excluding hydrogens is 364 g/mol. The molecule has 1 saturated heterocycles. The number of pyridine rings is 1. The first-order chi connectivity index (χ1) is 13.3. The van der Waals surface area contributed by atoms with Crippen molar-refractivity contribution in [2.24, 2.45) is 10.7 Å². The number of hydrogen-bond donors (Lipinski definition) is 1. The average Bonchev–Trinajstić information content (AvgIpc) is 3.41. The molecule has 1 fully saturated rings. The largest absolute Gasteiger partial charge is 0.370 e. The maximum Gasteiger partial charge on any atom is 0.276 e. The maximum atomic E-state index is 6.14. The normalized spacial score (nSPS) is 15.3. The van der Waals surface area contributed by atoms with Crippen LogP contribution in [0.1, 0.15) is 5.82 Å². The SMILES string of the molecule is NC(=NCCc1noc(-c2ccccn2)n1)N1CCN(c2nccs2)CC1. The standard InChI is InChI=1S/C17H20N8OS/c18-16(24-8-10-25(11-9-24)17-21-7-12-27-17)20-6-4-14-22-15(26-23-14)13-3-1-2-5-19-13/h1-3,5,7,12H,4,6,8-11H2,(H2,18,20). The molecule has 27 heavy (non-hydrogen) atoms. The topological polar surface area (TPSA) is 110 Å². The van der Waals surface area contributed by atoms with Crippen molar-refractivity contribution < 1.29 is 4.52 Å². The van der Waals surface area contributed by atoms with Gasteiger partial charge >= 0.3 is 0 Å². The minimum atomic E-state index is 0.417. The summed E-state index contributed by atoms with van der Waals surface area (Å²) in [7, 11) is 0. The molecule has 1 aliphatic rings. The lowest BCUT2D eigenvalue weighted by molar-refractivity contribution is 0.380. The van der Waals surface area contributed by atoms with E-state index in [9.17, 15) is 0 Å². The summed E-state index contributed by atoms with van der Waals surface area (Å²) in [4.78, 5) is 21.7. The molecule has 10 heteroatoms. The van der Waals surface area contributed by atoms with Crippen molar-refractivity contribution in [1.29, 1.82) is 0 Å². The van der Waals surface area contributed by atoms with Crippen LogP contribution >= 0.6 is 11.3 Å². The van der Waals surface area contributed by atoms with E-state index in [2.05, 4.69) is 34.9 Å². The number of piperazine rings is 1. The van der Waals surface area contributed by atoms with E-state index in [1.165, 1.54) is 0 Å². The van der Waals surface area contributed by atoms with Gasteiger partial charge in [0.15, 0.2) is 16.9 Å². The van der Waals surface area contributed by atoms with Gasteiger partial charge in [0.25, 0.3) is 5.89 Å². The smallest absolute Gasteiger partial charge is 0.276 e. The van der Waals surface area contributed by atoms with Crippen LogP contribution < -0.4 is 10.6 Å². The van der Waals surface area contributed by atoms with Crippen LogP contribution in [-0.2, 0) is 6.42 Å². The molecule has 0 atom stereocenters. The van der Waals surface area contributed by atoms with Gasteiger partial charge in [-0.15, -0.1) is 11.3 Å². The molecule has 0 aliphatic carbocycles. The number of nitrogens with two attached hydrogens (primary N) is 1. The number of aromatic nitrogens is 4. The zero-order valence-electron chi connectivity index (χ0n) is 14.7. The highest BCUT2D eigenvalue weighted by atomic mass is 32.1. The summed E-state index contributed by atoms with van der Waals surface area (Å²) in [5, 5.41) is 7.03. The number of hydrogen-bond acceptors (Lipinski definition) is 8. The van der Waals surface area contributed by atoms with Gasteiger partial charge in [-0.3, -0.25) is 9.98 Å². The van der Waals surface area contributed by atoms with Crippen LogP contribution in [-0.4, -0.2) is 63.7 Å². The van der Waals surface area contributed by atoms with Gasteiger partial charge < -0.3 is 20.1 Å². The van der Waals surface area contributed by atoms with Crippen LogP contribution in [0.5, 0.6) is 0 Å².